The Balaban J connectivity index is 3.85. The number of nitrogens with one attached hydrogen (secondary N) is 1. The predicted octanol–water partition coefficient (Wildman–Crippen LogP) is 1.14. The Kier molecular flexibility index (Phi) is 10.0. The van der Waals surface area contributed by atoms with Crippen LogP contribution in [0.5, 0.6) is 0 Å². The number of nitrogens with zero attached hydrogens (tertiary/aromatic N) is 2. The van der Waals surface area contributed by atoms with Crippen LogP contribution in [0.1, 0.15) is 39.5 Å². The van der Waals surface area contributed by atoms with E-state index in [1.54, 1.807) is 11.9 Å². The molecule has 0 spiro atoms. The lowest BCUT2D eigenvalue weighted by molar-refractivity contribution is -0.137. The molecule has 0 aliphatic carbocycles. The van der Waals surface area contributed by atoms with E-state index in [-0.39, 0.29) is 24.9 Å². The number of aliphatic carboxylic acids is 1. The van der Waals surface area contributed by atoms with Crippen LogP contribution in [0.4, 0.5) is 4.79 Å². The van der Waals surface area contributed by atoms with Crippen LogP contribution in [0.3, 0.4) is 0 Å². The number of urea groups is 1. The summed E-state index contributed by atoms with van der Waals surface area (Å²) in [7, 11) is 1.58. The van der Waals surface area contributed by atoms with Gasteiger partial charge in [-0.05, 0) is 26.7 Å². The standard InChI is InChI=1S/C14H27N3O4/c1-4-17(5-2)12(18)11-16(3)14(21)15-10-8-6-7-9-13(19)20/h4-11H2,1-3H3,(H,15,21)(H,19,20). The lowest BCUT2D eigenvalue weighted by Crippen LogP contribution is -2.44. The maximum atomic E-state index is 11.8. The molecule has 0 unspecified atom stereocenters. The average molecular weight is 301 g/mol. The molecule has 122 valence electrons. The molecule has 0 aliphatic rings. The second-order valence-electron chi connectivity index (χ2n) is 4.86. The van der Waals surface area contributed by atoms with Crippen molar-refractivity contribution in [3.05, 3.63) is 0 Å². The third kappa shape index (κ3) is 8.88. The van der Waals surface area contributed by atoms with Crippen LogP contribution in [-0.4, -0.2) is 66.0 Å². The molecule has 0 atom stereocenters. The molecule has 0 aromatic carbocycles. The normalized spacial score (nSPS) is 10.0. The highest BCUT2D eigenvalue weighted by Crippen LogP contribution is 1.99. The summed E-state index contributed by atoms with van der Waals surface area (Å²) in [5.41, 5.74) is 0. The van der Waals surface area contributed by atoms with Gasteiger partial charge in [-0.3, -0.25) is 9.59 Å². The molecular formula is C14H27N3O4. The van der Waals surface area contributed by atoms with Crippen molar-refractivity contribution in [3.63, 3.8) is 0 Å². The summed E-state index contributed by atoms with van der Waals surface area (Å²) in [5, 5.41) is 11.2. The summed E-state index contributed by atoms with van der Waals surface area (Å²) < 4.78 is 0. The van der Waals surface area contributed by atoms with Gasteiger partial charge in [-0.1, -0.05) is 6.42 Å². The Labute approximate surface area is 126 Å². The molecule has 0 bridgehead atoms. The molecule has 0 saturated heterocycles. The summed E-state index contributed by atoms with van der Waals surface area (Å²) in [6.07, 6.45) is 2.26. The van der Waals surface area contributed by atoms with Gasteiger partial charge in [-0.15, -0.1) is 0 Å². The van der Waals surface area contributed by atoms with Crippen molar-refractivity contribution in [3.8, 4) is 0 Å². The van der Waals surface area contributed by atoms with Crippen molar-refractivity contribution >= 4 is 17.9 Å². The summed E-state index contributed by atoms with van der Waals surface area (Å²) in [6.45, 7) is 5.62. The van der Waals surface area contributed by atoms with Crippen LogP contribution in [-0.2, 0) is 9.59 Å². The second kappa shape index (κ2) is 10.9. The first-order valence-corrected chi connectivity index (χ1v) is 7.40. The van der Waals surface area contributed by atoms with Crippen LogP contribution in [0.2, 0.25) is 0 Å². The summed E-state index contributed by atoms with van der Waals surface area (Å²) in [5.74, 6) is -0.868. The van der Waals surface area contributed by atoms with Gasteiger partial charge in [-0.2, -0.15) is 0 Å². The van der Waals surface area contributed by atoms with Gasteiger partial charge in [0.2, 0.25) is 5.91 Å². The Bertz CT molecular complexity index is 343. The zero-order chi connectivity index (χ0) is 16.3. The maximum Gasteiger partial charge on any atom is 0.317 e. The fraction of sp³-hybridized carbons (Fsp3) is 0.786. The number of hydrogen-bond donors (Lipinski definition) is 2. The zero-order valence-corrected chi connectivity index (χ0v) is 13.2. The van der Waals surface area contributed by atoms with Crippen LogP contribution in [0, 0.1) is 0 Å². The van der Waals surface area contributed by atoms with E-state index in [1.165, 1.54) is 4.90 Å². The molecule has 3 amide bonds. The number of carboxylic acids is 1. The Morgan fingerprint density at radius 3 is 2.19 bits per heavy atom. The van der Waals surface area contributed by atoms with Crippen molar-refractivity contribution < 1.29 is 19.5 Å². The van der Waals surface area contributed by atoms with E-state index in [4.69, 9.17) is 5.11 Å². The molecular weight excluding hydrogens is 274 g/mol. The van der Waals surface area contributed by atoms with Crippen molar-refractivity contribution in [2.45, 2.75) is 39.5 Å². The Hall–Kier alpha value is -1.79. The molecule has 0 aromatic heterocycles. The number of carboxylic acid groups (broad SMARTS) is 1. The first-order valence-electron chi connectivity index (χ1n) is 7.40. The van der Waals surface area contributed by atoms with E-state index in [0.717, 1.165) is 12.8 Å². The predicted molar refractivity (Wildman–Crippen MR) is 80.1 cm³/mol. The SMILES string of the molecule is CCN(CC)C(=O)CN(C)C(=O)NCCCCCC(=O)O. The van der Waals surface area contributed by atoms with Crippen molar-refractivity contribution in [1.82, 2.24) is 15.1 Å². The Morgan fingerprint density at radius 2 is 1.67 bits per heavy atom. The van der Waals surface area contributed by atoms with Gasteiger partial charge in [0, 0.05) is 33.1 Å². The molecule has 0 rings (SSSR count). The highest BCUT2D eigenvalue weighted by Gasteiger charge is 2.15. The summed E-state index contributed by atoms with van der Waals surface area (Å²) in [4.78, 5) is 37.0. The molecule has 21 heavy (non-hydrogen) atoms. The smallest absolute Gasteiger partial charge is 0.317 e. The van der Waals surface area contributed by atoms with E-state index >= 15 is 0 Å². The Morgan fingerprint density at radius 1 is 1.05 bits per heavy atom. The van der Waals surface area contributed by atoms with Crippen molar-refractivity contribution in [2.75, 3.05) is 33.2 Å². The number of unbranched alkanes of at least 4 members (excludes halogenated alkanes) is 2. The highest BCUT2D eigenvalue weighted by atomic mass is 16.4. The molecule has 7 nitrogen and oxygen atoms in total. The molecule has 0 fully saturated rings. The van der Waals surface area contributed by atoms with E-state index in [0.29, 0.717) is 26.1 Å². The number of carbonyl (C=O) groups is 3. The first kappa shape index (κ1) is 19.2. The quantitative estimate of drug-likeness (QED) is 0.592. The molecule has 0 aromatic rings. The van der Waals surface area contributed by atoms with E-state index in [1.807, 2.05) is 13.8 Å². The fourth-order valence-electron chi connectivity index (χ4n) is 1.86. The van der Waals surface area contributed by atoms with Gasteiger partial charge in [0.15, 0.2) is 0 Å². The molecule has 0 heterocycles. The topological polar surface area (TPSA) is 90.0 Å². The number of likely N-dealkylation sites (N-methyl/N-ethyl adjacent to an activating group) is 2. The van der Waals surface area contributed by atoms with Gasteiger partial charge in [0.1, 0.15) is 6.54 Å². The summed E-state index contributed by atoms with van der Waals surface area (Å²) in [6, 6.07) is -0.284. The lowest BCUT2D eigenvalue weighted by atomic mass is 10.2. The largest absolute Gasteiger partial charge is 0.481 e. The van der Waals surface area contributed by atoms with Crippen molar-refractivity contribution in [2.24, 2.45) is 0 Å². The van der Waals surface area contributed by atoms with Crippen LogP contribution in [0.15, 0.2) is 0 Å². The molecule has 0 radical (unpaired) electrons. The lowest BCUT2D eigenvalue weighted by Gasteiger charge is -2.23. The van der Waals surface area contributed by atoms with Gasteiger partial charge in [0.25, 0.3) is 0 Å². The maximum absolute atomic E-state index is 11.8. The monoisotopic (exact) mass is 301 g/mol. The minimum Gasteiger partial charge on any atom is -0.481 e. The zero-order valence-electron chi connectivity index (χ0n) is 13.2. The van der Waals surface area contributed by atoms with Gasteiger partial charge < -0.3 is 20.2 Å². The van der Waals surface area contributed by atoms with E-state index in [9.17, 15) is 14.4 Å². The average Bonchev–Trinajstić information content (AvgIpc) is 2.43. The third-order valence-corrected chi connectivity index (χ3v) is 3.18. The molecule has 0 aliphatic heterocycles. The highest BCUT2D eigenvalue weighted by molar-refractivity contribution is 5.83. The minimum atomic E-state index is -0.798. The first-order chi connectivity index (χ1) is 9.92. The fourth-order valence-corrected chi connectivity index (χ4v) is 1.86. The number of amides is 3. The second-order valence-corrected chi connectivity index (χ2v) is 4.86. The van der Waals surface area contributed by atoms with Gasteiger partial charge in [-0.25, -0.2) is 4.79 Å². The van der Waals surface area contributed by atoms with E-state index < -0.39 is 5.97 Å². The van der Waals surface area contributed by atoms with Gasteiger partial charge >= 0.3 is 12.0 Å². The van der Waals surface area contributed by atoms with Crippen molar-refractivity contribution in [1.29, 1.82) is 0 Å². The third-order valence-electron chi connectivity index (χ3n) is 3.18. The van der Waals surface area contributed by atoms with Gasteiger partial charge in [0.05, 0.1) is 0 Å². The van der Waals surface area contributed by atoms with Crippen LogP contribution < -0.4 is 5.32 Å². The van der Waals surface area contributed by atoms with E-state index in [2.05, 4.69) is 5.32 Å². The minimum absolute atomic E-state index is 0.0620. The molecule has 0 saturated carbocycles. The van der Waals surface area contributed by atoms with Crippen LogP contribution in [0.25, 0.3) is 0 Å². The number of rotatable bonds is 10. The number of hydrogen-bond acceptors (Lipinski definition) is 3. The molecule has 7 heteroatoms. The summed E-state index contributed by atoms with van der Waals surface area (Å²) >= 11 is 0. The number of carbonyl (C=O) groups excluding carboxylic acids is 2. The molecule has 2 N–H and O–H groups in total. The van der Waals surface area contributed by atoms with Crippen LogP contribution >= 0.6 is 0 Å².